The van der Waals surface area contributed by atoms with Gasteiger partial charge in [-0.2, -0.15) is 0 Å². The molecule has 1 saturated heterocycles. The molecule has 0 bridgehead atoms. The van der Waals surface area contributed by atoms with Crippen LogP contribution in [0.15, 0.2) is 12.1 Å². The molecule has 0 unspecified atom stereocenters. The Kier molecular flexibility index (Phi) is 2.41. The first-order valence-electron chi connectivity index (χ1n) is 4.74. The van der Waals surface area contributed by atoms with Gasteiger partial charge in [0.15, 0.2) is 0 Å². The first-order chi connectivity index (χ1) is 7.50. The third kappa shape index (κ3) is 1.56. The number of nitrogens with two attached hydrogens (primary N) is 1. The molecule has 1 fully saturated rings. The van der Waals surface area contributed by atoms with Crippen LogP contribution in [0.1, 0.15) is 6.42 Å². The summed E-state index contributed by atoms with van der Waals surface area (Å²) in [6, 6.07) is 1.01. The Morgan fingerprint density at radius 1 is 1.44 bits per heavy atom. The van der Waals surface area contributed by atoms with E-state index in [9.17, 15) is 13.6 Å². The number of nitrogen functional groups attached to an aromatic ring is 1. The molecule has 0 radical (unpaired) electrons. The van der Waals surface area contributed by atoms with E-state index >= 15 is 0 Å². The van der Waals surface area contributed by atoms with Crippen LogP contribution in [0, 0.1) is 11.6 Å². The molecule has 0 saturated carbocycles. The maximum atomic E-state index is 13.5. The Morgan fingerprint density at radius 2 is 2.12 bits per heavy atom. The molecule has 0 aromatic heterocycles. The molecule has 86 valence electrons. The average Bonchev–Trinajstić information content (AvgIpc) is 2.11. The average molecular weight is 228 g/mol. The predicted molar refractivity (Wildman–Crippen MR) is 54.2 cm³/mol. The molecule has 0 spiro atoms. The van der Waals surface area contributed by atoms with Crippen LogP contribution >= 0.6 is 0 Å². The second-order valence-corrected chi connectivity index (χ2v) is 3.66. The zero-order valence-electron chi connectivity index (χ0n) is 8.28. The zero-order chi connectivity index (χ0) is 11.9. The predicted octanol–water partition coefficient (Wildman–Crippen LogP) is 1.21. The third-order valence-electron chi connectivity index (χ3n) is 2.68. The molecule has 1 heterocycles. The Labute approximate surface area is 90.3 Å². The van der Waals surface area contributed by atoms with Crippen LogP contribution < -0.4 is 10.6 Å². The van der Waals surface area contributed by atoms with Gasteiger partial charge < -0.3 is 15.7 Å². The summed E-state index contributed by atoms with van der Waals surface area (Å²) in [7, 11) is 0. The summed E-state index contributed by atoms with van der Waals surface area (Å²) >= 11 is 0. The molecule has 0 amide bonds. The second kappa shape index (κ2) is 3.62. The lowest BCUT2D eigenvalue weighted by atomic mass is 10.0. The van der Waals surface area contributed by atoms with Crippen LogP contribution in [-0.4, -0.2) is 23.7 Å². The van der Waals surface area contributed by atoms with E-state index < -0.39 is 23.6 Å². The molecule has 16 heavy (non-hydrogen) atoms. The molecule has 1 aliphatic rings. The molecule has 4 nitrogen and oxygen atoms in total. The van der Waals surface area contributed by atoms with Crippen LogP contribution in [0.5, 0.6) is 0 Å². The molecule has 1 aromatic rings. The first-order valence-corrected chi connectivity index (χ1v) is 4.74. The van der Waals surface area contributed by atoms with Gasteiger partial charge in [0.05, 0.1) is 11.4 Å². The third-order valence-corrected chi connectivity index (χ3v) is 2.68. The maximum absolute atomic E-state index is 13.5. The molecule has 1 aromatic carbocycles. The number of carboxylic acids is 1. The van der Waals surface area contributed by atoms with Crippen molar-refractivity contribution in [3.8, 4) is 0 Å². The number of halogens is 2. The van der Waals surface area contributed by atoms with Crippen LogP contribution in [0.2, 0.25) is 0 Å². The normalized spacial score (nSPS) is 19.4. The van der Waals surface area contributed by atoms with Crippen LogP contribution in [0.4, 0.5) is 20.2 Å². The molecular formula is C10H10F2N2O2. The van der Waals surface area contributed by atoms with E-state index in [1.807, 2.05) is 0 Å². The summed E-state index contributed by atoms with van der Waals surface area (Å²) in [5.41, 5.74) is 4.86. The van der Waals surface area contributed by atoms with Gasteiger partial charge in [-0.15, -0.1) is 0 Å². The fourth-order valence-corrected chi connectivity index (χ4v) is 1.70. The lowest BCUT2D eigenvalue weighted by Crippen LogP contribution is -2.53. The van der Waals surface area contributed by atoms with Crippen molar-refractivity contribution in [3.05, 3.63) is 23.8 Å². The second-order valence-electron chi connectivity index (χ2n) is 3.66. The molecule has 0 aliphatic carbocycles. The number of hydrogen-bond acceptors (Lipinski definition) is 3. The lowest BCUT2D eigenvalue weighted by molar-refractivity contribution is -0.139. The number of carbonyl (C=O) groups is 1. The van der Waals surface area contributed by atoms with Gasteiger partial charge in [-0.1, -0.05) is 0 Å². The summed E-state index contributed by atoms with van der Waals surface area (Å²) in [6.45, 7) is 0.400. The minimum atomic E-state index is -1.04. The Bertz CT molecular complexity index is 451. The molecule has 1 aliphatic heterocycles. The number of rotatable bonds is 2. The summed E-state index contributed by atoms with van der Waals surface area (Å²) < 4.78 is 26.6. The van der Waals surface area contributed by atoms with Crippen molar-refractivity contribution >= 4 is 17.3 Å². The topological polar surface area (TPSA) is 66.6 Å². The highest BCUT2D eigenvalue weighted by Crippen LogP contribution is 2.31. The van der Waals surface area contributed by atoms with Crippen molar-refractivity contribution in [1.29, 1.82) is 0 Å². The minimum absolute atomic E-state index is 0.0506. The van der Waals surface area contributed by atoms with Gasteiger partial charge in [0.1, 0.15) is 17.7 Å². The number of aliphatic carboxylic acids is 1. The van der Waals surface area contributed by atoms with Gasteiger partial charge in [-0.25, -0.2) is 13.6 Å². The van der Waals surface area contributed by atoms with E-state index in [2.05, 4.69) is 0 Å². The maximum Gasteiger partial charge on any atom is 0.326 e. The summed E-state index contributed by atoms with van der Waals surface area (Å²) in [4.78, 5) is 12.1. The quantitative estimate of drug-likeness (QED) is 0.746. The van der Waals surface area contributed by atoms with Crippen molar-refractivity contribution in [1.82, 2.24) is 0 Å². The van der Waals surface area contributed by atoms with Gasteiger partial charge in [0, 0.05) is 18.7 Å². The first kappa shape index (κ1) is 10.7. The number of anilines is 2. The highest BCUT2D eigenvalue weighted by molar-refractivity contribution is 5.80. The monoisotopic (exact) mass is 228 g/mol. The van der Waals surface area contributed by atoms with Gasteiger partial charge in [0.2, 0.25) is 0 Å². The Balaban J connectivity index is 2.34. The molecule has 6 heteroatoms. The van der Waals surface area contributed by atoms with Crippen LogP contribution in [0.3, 0.4) is 0 Å². The van der Waals surface area contributed by atoms with Crippen LogP contribution in [-0.2, 0) is 4.79 Å². The van der Waals surface area contributed by atoms with E-state index in [0.717, 1.165) is 12.1 Å². The van der Waals surface area contributed by atoms with Crippen LogP contribution in [0.25, 0.3) is 0 Å². The lowest BCUT2D eigenvalue weighted by Gasteiger charge is -2.40. The van der Waals surface area contributed by atoms with Gasteiger partial charge >= 0.3 is 5.97 Å². The van der Waals surface area contributed by atoms with E-state index in [0.29, 0.717) is 13.0 Å². The summed E-state index contributed by atoms with van der Waals surface area (Å²) in [6.07, 6.45) is 0.431. The SMILES string of the molecule is Nc1cc(F)c(N2CC[C@H]2C(=O)O)cc1F. The largest absolute Gasteiger partial charge is 0.480 e. The van der Waals surface area contributed by atoms with E-state index in [4.69, 9.17) is 10.8 Å². The highest BCUT2D eigenvalue weighted by atomic mass is 19.1. The highest BCUT2D eigenvalue weighted by Gasteiger charge is 2.35. The van der Waals surface area contributed by atoms with Crippen molar-refractivity contribution in [2.45, 2.75) is 12.5 Å². The minimum Gasteiger partial charge on any atom is -0.480 e. The molecular weight excluding hydrogens is 218 g/mol. The number of nitrogens with zero attached hydrogens (tertiary/aromatic N) is 1. The Morgan fingerprint density at radius 3 is 2.62 bits per heavy atom. The van der Waals surface area contributed by atoms with Crippen molar-refractivity contribution in [2.75, 3.05) is 17.2 Å². The van der Waals surface area contributed by atoms with Crippen molar-refractivity contribution in [2.24, 2.45) is 0 Å². The molecule has 1 atom stereocenters. The summed E-state index contributed by atoms with van der Waals surface area (Å²) in [5.74, 6) is -2.49. The number of benzene rings is 1. The molecule has 2 rings (SSSR count). The van der Waals surface area contributed by atoms with Crippen molar-refractivity contribution < 1.29 is 18.7 Å². The number of carboxylic acid groups (broad SMARTS) is 1. The fraction of sp³-hybridized carbons (Fsp3) is 0.300. The van der Waals surface area contributed by atoms with E-state index in [1.54, 1.807) is 0 Å². The van der Waals surface area contributed by atoms with Gasteiger partial charge in [0.25, 0.3) is 0 Å². The molecule has 3 N–H and O–H groups in total. The zero-order valence-corrected chi connectivity index (χ0v) is 8.28. The Hall–Kier alpha value is -1.85. The van der Waals surface area contributed by atoms with Gasteiger partial charge in [-0.05, 0) is 6.42 Å². The number of hydrogen-bond donors (Lipinski definition) is 2. The van der Waals surface area contributed by atoms with E-state index in [1.165, 1.54) is 4.90 Å². The van der Waals surface area contributed by atoms with Gasteiger partial charge in [-0.3, -0.25) is 0 Å². The fourth-order valence-electron chi connectivity index (χ4n) is 1.70. The van der Waals surface area contributed by atoms with E-state index in [-0.39, 0.29) is 11.4 Å². The smallest absolute Gasteiger partial charge is 0.326 e. The summed E-state index contributed by atoms with van der Waals surface area (Å²) in [5, 5.41) is 8.80. The standard InChI is InChI=1S/C10H10F2N2O2/c11-5-4-9(6(12)3-7(5)13)14-2-1-8(14)10(15)16/h3-4,8H,1-2,13H2,(H,15,16)/t8-/m0/s1. The van der Waals surface area contributed by atoms with Crippen molar-refractivity contribution in [3.63, 3.8) is 0 Å².